The van der Waals surface area contributed by atoms with Gasteiger partial charge in [0, 0.05) is 39.8 Å². The second-order valence-electron chi connectivity index (χ2n) is 7.30. The first-order valence-corrected chi connectivity index (χ1v) is 10.6. The van der Waals surface area contributed by atoms with Gasteiger partial charge < -0.3 is 14.5 Å². The van der Waals surface area contributed by atoms with Gasteiger partial charge in [0.05, 0.1) is 18.4 Å². The number of hydrogen-bond acceptors (Lipinski definition) is 6. The van der Waals surface area contributed by atoms with Gasteiger partial charge in [0.2, 0.25) is 5.91 Å². The van der Waals surface area contributed by atoms with E-state index in [1.54, 1.807) is 18.4 Å². The third-order valence-electron chi connectivity index (χ3n) is 5.26. The van der Waals surface area contributed by atoms with Crippen LogP contribution in [0.2, 0.25) is 0 Å². The first-order valence-electron chi connectivity index (χ1n) is 9.83. The van der Waals surface area contributed by atoms with E-state index in [-0.39, 0.29) is 5.91 Å². The van der Waals surface area contributed by atoms with Gasteiger partial charge in [0.25, 0.3) is 0 Å². The Kier molecular flexibility index (Phi) is 5.97. The molecule has 1 saturated heterocycles. The number of rotatable bonds is 6. The summed E-state index contributed by atoms with van der Waals surface area (Å²) in [5.74, 6) is 0.914. The molecule has 0 atom stereocenters. The Bertz CT molecular complexity index is 967. The Morgan fingerprint density at radius 2 is 1.86 bits per heavy atom. The van der Waals surface area contributed by atoms with E-state index in [1.807, 2.05) is 41.1 Å². The fourth-order valence-electron chi connectivity index (χ4n) is 3.61. The van der Waals surface area contributed by atoms with Crippen LogP contribution in [0.15, 0.2) is 48.5 Å². The monoisotopic (exact) mass is 410 g/mol. The number of hydrogen-bond donors (Lipinski definition) is 0. The molecule has 7 heteroatoms. The van der Waals surface area contributed by atoms with Crippen LogP contribution in [-0.4, -0.2) is 67.6 Å². The molecule has 152 valence electrons. The number of methoxy groups -OCH3 is 1. The molecule has 4 rings (SSSR count). The summed E-state index contributed by atoms with van der Waals surface area (Å²) in [6, 6.07) is 16.4. The van der Waals surface area contributed by atoms with Crippen LogP contribution in [0.25, 0.3) is 10.2 Å². The largest absolute Gasteiger partial charge is 0.494 e. The number of para-hydroxylation sites is 1. The van der Waals surface area contributed by atoms with Crippen molar-refractivity contribution in [3.05, 3.63) is 54.1 Å². The van der Waals surface area contributed by atoms with E-state index in [1.165, 1.54) is 5.56 Å². The molecule has 1 fully saturated rings. The van der Waals surface area contributed by atoms with Gasteiger partial charge in [0.15, 0.2) is 5.13 Å². The molecule has 6 nitrogen and oxygen atoms in total. The number of carbonyl (C=O) groups is 1. The molecule has 1 aromatic heterocycles. The number of amides is 1. The topological polar surface area (TPSA) is 48.9 Å². The maximum absolute atomic E-state index is 12.8. The van der Waals surface area contributed by atoms with Crippen molar-refractivity contribution in [2.24, 2.45) is 0 Å². The highest BCUT2D eigenvalue weighted by molar-refractivity contribution is 7.22. The zero-order chi connectivity index (χ0) is 20.2. The van der Waals surface area contributed by atoms with Gasteiger partial charge in [-0.2, -0.15) is 0 Å². The first kappa shape index (κ1) is 19.7. The third kappa shape index (κ3) is 4.52. The Labute approximate surface area is 175 Å². The van der Waals surface area contributed by atoms with Crippen LogP contribution in [0, 0.1) is 0 Å². The number of ether oxygens (including phenoxy) is 1. The number of nitrogens with zero attached hydrogens (tertiary/aromatic N) is 4. The fraction of sp³-hybridized carbons (Fsp3) is 0.364. The van der Waals surface area contributed by atoms with Crippen LogP contribution in [-0.2, 0) is 11.3 Å². The number of carbonyl (C=O) groups excluding carboxylic acids is 1. The number of anilines is 1. The van der Waals surface area contributed by atoms with Crippen molar-refractivity contribution in [1.29, 1.82) is 0 Å². The Morgan fingerprint density at radius 1 is 1.10 bits per heavy atom. The predicted octanol–water partition coefficient (Wildman–Crippen LogP) is 3.09. The summed E-state index contributed by atoms with van der Waals surface area (Å²) in [4.78, 5) is 23.8. The molecule has 0 spiro atoms. The molecule has 0 aliphatic carbocycles. The second-order valence-corrected chi connectivity index (χ2v) is 8.31. The SMILES string of the molecule is COc1cccc2sc(N(C)CC(=O)N3CCN(Cc4ccccc4)CC3)nc12. The molecule has 0 bridgehead atoms. The molecular weight excluding hydrogens is 384 g/mol. The quantitative estimate of drug-likeness (QED) is 0.625. The summed E-state index contributed by atoms with van der Waals surface area (Å²) in [6.45, 7) is 4.63. The van der Waals surface area contributed by atoms with Crippen LogP contribution >= 0.6 is 11.3 Å². The summed E-state index contributed by atoms with van der Waals surface area (Å²) in [7, 11) is 3.58. The molecule has 2 heterocycles. The van der Waals surface area contributed by atoms with Gasteiger partial charge in [-0.15, -0.1) is 0 Å². The normalized spacial score (nSPS) is 14.9. The Balaban J connectivity index is 1.33. The minimum atomic E-state index is 0.151. The summed E-state index contributed by atoms with van der Waals surface area (Å²) >= 11 is 1.58. The fourth-order valence-corrected chi connectivity index (χ4v) is 4.55. The van der Waals surface area contributed by atoms with Gasteiger partial charge in [0.1, 0.15) is 11.3 Å². The van der Waals surface area contributed by atoms with Crippen molar-refractivity contribution in [3.8, 4) is 5.75 Å². The zero-order valence-corrected chi connectivity index (χ0v) is 17.7. The van der Waals surface area contributed by atoms with Crippen LogP contribution < -0.4 is 9.64 Å². The van der Waals surface area contributed by atoms with E-state index in [0.29, 0.717) is 6.54 Å². The van der Waals surface area contributed by atoms with Gasteiger partial charge in [-0.25, -0.2) is 4.98 Å². The molecule has 0 radical (unpaired) electrons. The highest BCUT2D eigenvalue weighted by Crippen LogP contribution is 2.33. The molecule has 1 aliphatic heterocycles. The van der Waals surface area contributed by atoms with Crippen molar-refractivity contribution in [2.75, 3.05) is 51.8 Å². The van der Waals surface area contributed by atoms with Crippen LogP contribution in [0.1, 0.15) is 5.56 Å². The van der Waals surface area contributed by atoms with Crippen molar-refractivity contribution in [3.63, 3.8) is 0 Å². The molecule has 1 amide bonds. The predicted molar refractivity (Wildman–Crippen MR) is 118 cm³/mol. The summed E-state index contributed by atoms with van der Waals surface area (Å²) < 4.78 is 6.46. The maximum atomic E-state index is 12.8. The van der Waals surface area contributed by atoms with E-state index in [0.717, 1.165) is 53.8 Å². The highest BCUT2D eigenvalue weighted by atomic mass is 32.1. The minimum Gasteiger partial charge on any atom is -0.494 e. The molecule has 0 unspecified atom stereocenters. The van der Waals surface area contributed by atoms with Gasteiger partial charge in [-0.05, 0) is 17.7 Å². The van der Waals surface area contributed by atoms with Crippen LogP contribution in [0.3, 0.4) is 0 Å². The van der Waals surface area contributed by atoms with Gasteiger partial charge in [-0.1, -0.05) is 47.7 Å². The van der Waals surface area contributed by atoms with E-state index in [2.05, 4.69) is 34.1 Å². The molecule has 3 aromatic rings. The smallest absolute Gasteiger partial charge is 0.242 e. The summed E-state index contributed by atoms with van der Waals surface area (Å²) in [6.07, 6.45) is 0. The maximum Gasteiger partial charge on any atom is 0.242 e. The standard InChI is InChI=1S/C22H26N4O2S/c1-24(22-23-21-18(28-2)9-6-10-19(21)29-22)16-20(27)26-13-11-25(12-14-26)15-17-7-4-3-5-8-17/h3-10H,11-16H2,1-2H3. The number of thiazole rings is 1. The average Bonchev–Trinajstić information content (AvgIpc) is 3.19. The van der Waals surface area contributed by atoms with Crippen molar-refractivity contribution < 1.29 is 9.53 Å². The molecule has 0 saturated carbocycles. The van der Waals surface area contributed by atoms with E-state index >= 15 is 0 Å². The molecule has 0 N–H and O–H groups in total. The molecular formula is C22H26N4O2S. The summed E-state index contributed by atoms with van der Waals surface area (Å²) in [5, 5.41) is 0.834. The van der Waals surface area contributed by atoms with E-state index in [9.17, 15) is 4.79 Å². The number of benzene rings is 2. The minimum absolute atomic E-state index is 0.151. The Hall–Kier alpha value is -2.64. The first-order chi connectivity index (χ1) is 14.1. The van der Waals surface area contributed by atoms with Crippen molar-refractivity contribution in [2.45, 2.75) is 6.54 Å². The van der Waals surface area contributed by atoms with Crippen LogP contribution in [0.5, 0.6) is 5.75 Å². The lowest BCUT2D eigenvalue weighted by Crippen LogP contribution is -2.50. The average molecular weight is 411 g/mol. The second kappa shape index (κ2) is 8.80. The Morgan fingerprint density at radius 3 is 2.59 bits per heavy atom. The molecule has 2 aromatic carbocycles. The zero-order valence-electron chi connectivity index (χ0n) is 16.9. The lowest BCUT2D eigenvalue weighted by molar-refractivity contribution is -0.131. The lowest BCUT2D eigenvalue weighted by atomic mass is 10.2. The summed E-state index contributed by atoms with van der Waals surface area (Å²) in [5.41, 5.74) is 2.17. The van der Waals surface area contributed by atoms with E-state index < -0.39 is 0 Å². The number of fused-ring (bicyclic) bond motifs is 1. The van der Waals surface area contributed by atoms with Crippen molar-refractivity contribution >= 4 is 32.6 Å². The molecule has 1 aliphatic rings. The number of likely N-dealkylation sites (N-methyl/N-ethyl adjacent to an activating group) is 1. The number of piperazine rings is 1. The highest BCUT2D eigenvalue weighted by Gasteiger charge is 2.23. The van der Waals surface area contributed by atoms with Gasteiger partial charge in [-0.3, -0.25) is 9.69 Å². The van der Waals surface area contributed by atoms with Gasteiger partial charge >= 0.3 is 0 Å². The van der Waals surface area contributed by atoms with Crippen molar-refractivity contribution in [1.82, 2.24) is 14.8 Å². The van der Waals surface area contributed by atoms with E-state index in [4.69, 9.17) is 4.74 Å². The third-order valence-corrected chi connectivity index (χ3v) is 6.40. The number of aromatic nitrogens is 1. The lowest BCUT2D eigenvalue weighted by Gasteiger charge is -2.35. The van der Waals surface area contributed by atoms with Crippen LogP contribution in [0.4, 0.5) is 5.13 Å². The molecule has 29 heavy (non-hydrogen) atoms.